The molecule has 1 aromatic heterocycles. The lowest BCUT2D eigenvalue weighted by atomic mass is 10.1. The van der Waals surface area contributed by atoms with E-state index >= 15 is 0 Å². The van der Waals surface area contributed by atoms with Crippen molar-refractivity contribution in [3.8, 4) is 0 Å². The van der Waals surface area contributed by atoms with Gasteiger partial charge in [-0.3, -0.25) is 4.79 Å². The molecule has 0 amide bonds. The molecule has 3 rings (SSSR count). The van der Waals surface area contributed by atoms with Gasteiger partial charge < -0.3 is 9.67 Å². The second-order valence-electron chi connectivity index (χ2n) is 5.64. The van der Waals surface area contributed by atoms with Crippen molar-refractivity contribution < 1.29 is 14.3 Å². The number of fused-ring (bicyclic) bond motifs is 1. The molecule has 0 unspecified atom stereocenters. The highest BCUT2D eigenvalue weighted by Crippen LogP contribution is 2.24. The van der Waals surface area contributed by atoms with Gasteiger partial charge in [-0.2, -0.15) is 0 Å². The minimum atomic E-state index is -0.778. The number of hydrogen-bond donors (Lipinski definition) is 1. The van der Waals surface area contributed by atoms with E-state index in [9.17, 15) is 9.18 Å². The molecule has 0 aliphatic rings. The summed E-state index contributed by atoms with van der Waals surface area (Å²) in [5.41, 5.74) is 2.80. The molecule has 1 heterocycles. The highest BCUT2D eigenvalue weighted by Gasteiger charge is 2.10. The number of carboxylic acid groups (broad SMARTS) is 1. The molecular formula is C19H18FNO2. The van der Waals surface area contributed by atoms with Crippen molar-refractivity contribution in [1.82, 2.24) is 4.57 Å². The Bertz CT molecular complexity index is 838. The van der Waals surface area contributed by atoms with Gasteiger partial charge in [0.1, 0.15) is 5.82 Å². The SMILES string of the molecule is O=C(O)CCCc1cn(Cc2ccccc2F)c2ccccc12. The van der Waals surface area contributed by atoms with Crippen LogP contribution in [0.1, 0.15) is 24.0 Å². The summed E-state index contributed by atoms with van der Waals surface area (Å²) in [5.74, 6) is -0.988. The van der Waals surface area contributed by atoms with Gasteiger partial charge in [-0.05, 0) is 30.5 Å². The highest BCUT2D eigenvalue weighted by atomic mass is 19.1. The van der Waals surface area contributed by atoms with Crippen LogP contribution in [-0.2, 0) is 17.8 Å². The number of nitrogens with zero attached hydrogens (tertiary/aromatic N) is 1. The van der Waals surface area contributed by atoms with Crippen molar-refractivity contribution in [3.05, 3.63) is 71.7 Å². The Balaban J connectivity index is 1.91. The van der Waals surface area contributed by atoms with Crippen LogP contribution >= 0.6 is 0 Å². The van der Waals surface area contributed by atoms with E-state index in [1.54, 1.807) is 12.1 Å². The summed E-state index contributed by atoms with van der Waals surface area (Å²) in [5, 5.41) is 9.89. The van der Waals surface area contributed by atoms with Gasteiger partial charge >= 0.3 is 5.97 Å². The number of halogens is 1. The first kappa shape index (κ1) is 15.3. The minimum Gasteiger partial charge on any atom is -0.481 e. The molecule has 23 heavy (non-hydrogen) atoms. The quantitative estimate of drug-likeness (QED) is 0.740. The van der Waals surface area contributed by atoms with Crippen molar-refractivity contribution in [2.75, 3.05) is 0 Å². The van der Waals surface area contributed by atoms with Gasteiger partial charge in [-0.15, -0.1) is 0 Å². The third kappa shape index (κ3) is 3.42. The maximum atomic E-state index is 13.9. The van der Waals surface area contributed by atoms with Gasteiger partial charge in [0.25, 0.3) is 0 Å². The molecule has 118 valence electrons. The monoisotopic (exact) mass is 311 g/mol. The zero-order valence-electron chi connectivity index (χ0n) is 12.7. The summed E-state index contributed by atoms with van der Waals surface area (Å²) in [6, 6.07) is 14.7. The number of hydrogen-bond acceptors (Lipinski definition) is 1. The van der Waals surface area contributed by atoms with Crippen LogP contribution in [-0.4, -0.2) is 15.6 Å². The van der Waals surface area contributed by atoms with Gasteiger partial charge in [0.15, 0.2) is 0 Å². The van der Waals surface area contributed by atoms with E-state index in [0.717, 1.165) is 16.5 Å². The molecule has 0 fully saturated rings. The topological polar surface area (TPSA) is 42.2 Å². The lowest BCUT2D eigenvalue weighted by Crippen LogP contribution is -2.00. The Labute approximate surface area is 134 Å². The maximum Gasteiger partial charge on any atom is 0.303 e. The summed E-state index contributed by atoms with van der Waals surface area (Å²) in [6.45, 7) is 0.464. The molecule has 0 saturated heterocycles. The molecule has 1 N–H and O–H groups in total. The zero-order chi connectivity index (χ0) is 16.2. The zero-order valence-corrected chi connectivity index (χ0v) is 12.7. The van der Waals surface area contributed by atoms with Gasteiger partial charge in [-0.1, -0.05) is 36.4 Å². The molecule has 2 aromatic carbocycles. The average molecular weight is 311 g/mol. The summed E-state index contributed by atoms with van der Waals surface area (Å²) >= 11 is 0. The standard InChI is InChI=1S/C19H18FNO2/c20-17-9-3-1-6-15(17)13-21-12-14(7-5-11-19(22)23)16-8-2-4-10-18(16)21/h1-4,6,8-10,12H,5,7,11,13H2,(H,22,23). The Morgan fingerprint density at radius 1 is 1.04 bits per heavy atom. The summed E-state index contributed by atoms with van der Waals surface area (Å²) in [7, 11) is 0. The first-order chi connectivity index (χ1) is 11.1. The van der Waals surface area contributed by atoms with E-state index in [-0.39, 0.29) is 12.2 Å². The normalized spacial score (nSPS) is 11.0. The number of aliphatic carboxylic acids is 1. The van der Waals surface area contributed by atoms with Crippen LogP contribution in [0.4, 0.5) is 4.39 Å². The van der Waals surface area contributed by atoms with E-state index in [1.807, 2.05) is 41.1 Å². The number of aromatic nitrogens is 1. The van der Waals surface area contributed by atoms with E-state index in [1.165, 1.54) is 6.07 Å². The molecule has 0 atom stereocenters. The molecule has 0 aliphatic heterocycles. The first-order valence-corrected chi connectivity index (χ1v) is 7.67. The lowest BCUT2D eigenvalue weighted by molar-refractivity contribution is -0.137. The van der Waals surface area contributed by atoms with Crippen molar-refractivity contribution in [1.29, 1.82) is 0 Å². The Kier molecular flexibility index (Phi) is 4.42. The predicted octanol–water partition coefficient (Wildman–Crippen LogP) is 4.24. The fourth-order valence-electron chi connectivity index (χ4n) is 2.89. The van der Waals surface area contributed by atoms with E-state index < -0.39 is 5.97 Å². The highest BCUT2D eigenvalue weighted by molar-refractivity contribution is 5.84. The smallest absolute Gasteiger partial charge is 0.303 e. The third-order valence-corrected chi connectivity index (χ3v) is 4.01. The molecule has 0 bridgehead atoms. The lowest BCUT2D eigenvalue weighted by Gasteiger charge is -2.06. The molecule has 0 spiro atoms. The van der Waals surface area contributed by atoms with Crippen LogP contribution in [0.15, 0.2) is 54.7 Å². The summed E-state index contributed by atoms with van der Waals surface area (Å²) in [6.07, 6.45) is 3.48. The number of carbonyl (C=O) groups is 1. The summed E-state index contributed by atoms with van der Waals surface area (Å²) < 4.78 is 15.9. The van der Waals surface area contributed by atoms with Gasteiger partial charge in [-0.25, -0.2) is 4.39 Å². The van der Waals surface area contributed by atoms with Crippen LogP contribution in [0.25, 0.3) is 10.9 Å². The number of rotatable bonds is 6. The number of carboxylic acids is 1. The molecule has 0 saturated carbocycles. The van der Waals surface area contributed by atoms with E-state index in [0.29, 0.717) is 24.9 Å². The van der Waals surface area contributed by atoms with Crippen LogP contribution in [0.5, 0.6) is 0 Å². The Morgan fingerprint density at radius 3 is 2.57 bits per heavy atom. The second-order valence-corrected chi connectivity index (χ2v) is 5.64. The summed E-state index contributed by atoms with van der Waals surface area (Å²) in [4.78, 5) is 10.7. The number of benzene rings is 2. The van der Waals surface area contributed by atoms with Crippen molar-refractivity contribution >= 4 is 16.9 Å². The van der Waals surface area contributed by atoms with Crippen molar-refractivity contribution in [2.24, 2.45) is 0 Å². The van der Waals surface area contributed by atoms with E-state index in [4.69, 9.17) is 5.11 Å². The van der Waals surface area contributed by atoms with Crippen LogP contribution in [0.2, 0.25) is 0 Å². The van der Waals surface area contributed by atoms with Crippen LogP contribution < -0.4 is 0 Å². The third-order valence-electron chi connectivity index (χ3n) is 4.01. The van der Waals surface area contributed by atoms with Crippen molar-refractivity contribution in [3.63, 3.8) is 0 Å². The molecule has 4 heteroatoms. The molecule has 0 aliphatic carbocycles. The Hall–Kier alpha value is -2.62. The number of para-hydroxylation sites is 1. The first-order valence-electron chi connectivity index (χ1n) is 7.67. The van der Waals surface area contributed by atoms with E-state index in [2.05, 4.69) is 0 Å². The van der Waals surface area contributed by atoms with Crippen LogP contribution in [0, 0.1) is 5.82 Å². The van der Waals surface area contributed by atoms with Gasteiger partial charge in [0.05, 0.1) is 6.54 Å². The maximum absolute atomic E-state index is 13.9. The van der Waals surface area contributed by atoms with Crippen molar-refractivity contribution in [2.45, 2.75) is 25.8 Å². The fraction of sp³-hybridized carbons (Fsp3) is 0.211. The molecule has 3 aromatic rings. The fourth-order valence-corrected chi connectivity index (χ4v) is 2.89. The molecular weight excluding hydrogens is 293 g/mol. The Morgan fingerprint density at radius 2 is 1.78 bits per heavy atom. The second kappa shape index (κ2) is 6.65. The van der Waals surface area contributed by atoms with Gasteiger partial charge in [0, 0.05) is 29.1 Å². The van der Waals surface area contributed by atoms with Crippen LogP contribution in [0.3, 0.4) is 0 Å². The van der Waals surface area contributed by atoms with Gasteiger partial charge in [0.2, 0.25) is 0 Å². The minimum absolute atomic E-state index is 0.160. The largest absolute Gasteiger partial charge is 0.481 e. The molecule has 0 radical (unpaired) electrons. The number of aryl methyl sites for hydroxylation is 1. The average Bonchev–Trinajstić information content (AvgIpc) is 2.88. The molecule has 3 nitrogen and oxygen atoms in total. The predicted molar refractivity (Wildman–Crippen MR) is 88.0 cm³/mol.